The third kappa shape index (κ3) is 3.47. The molecule has 2 aliphatic heterocycles. The number of benzene rings is 1. The molecule has 1 saturated heterocycles. The van der Waals surface area contributed by atoms with Crippen LogP contribution in [0.5, 0.6) is 0 Å². The highest BCUT2D eigenvalue weighted by Crippen LogP contribution is 2.46. The molecule has 5 heteroatoms. The summed E-state index contributed by atoms with van der Waals surface area (Å²) in [6.45, 7) is 6.85. The lowest BCUT2D eigenvalue weighted by Crippen LogP contribution is -2.27. The van der Waals surface area contributed by atoms with Gasteiger partial charge in [-0.15, -0.1) is 0 Å². The van der Waals surface area contributed by atoms with Gasteiger partial charge in [-0.2, -0.15) is 0 Å². The highest BCUT2D eigenvalue weighted by atomic mass is 32.1. The molecule has 3 rings (SSSR count). The Kier molecular flexibility index (Phi) is 5.33. The first-order valence-corrected chi connectivity index (χ1v) is 9.41. The summed E-state index contributed by atoms with van der Waals surface area (Å²) in [5, 5.41) is 0.216. The molecule has 0 saturated carbocycles. The van der Waals surface area contributed by atoms with E-state index in [4.69, 9.17) is 17.0 Å². The van der Waals surface area contributed by atoms with Gasteiger partial charge in [0.15, 0.2) is 5.76 Å². The predicted molar refractivity (Wildman–Crippen MR) is 113 cm³/mol. The topological polar surface area (TPSA) is 32.8 Å². The Morgan fingerprint density at radius 1 is 1.11 bits per heavy atom. The third-order valence-corrected chi connectivity index (χ3v) is 5.27. The third-order valence-electron chi connectivity index (χ3n) is 4.97. The smallest absolute Gasteiger partial charge is 0.297 e. The lowest BCUT2D eigenvalue weighted by Gasteiger charge is -2.23. The SMILES string of the molecule is CCN1C(=O)\C(=C/C=C/C=C/C=C2/N(C)c3ccccc3C2(C)C)OC1=S. The fourth-order valence-corrected chi connectivity index (χ4v) is 3.81. The number of rotatable bonds is 4. The summed E-state index contributed by atoms with van der Waals surface area (Å²) >= 11 is 5.03. The van der Waals surface area contributed by atoms with Crippen LogP contribution in [-0.4, -0.2) is 29.6 Å². The summed E-state index contributed by atoms with van der Waals surface area (Å²) in [6.07, 6.45) is 11.4. The van der Waals surface area contributed by atoms with Gasteiger partial charge in [-0.3, -0.25) is 9.69 Å². The maximum absolute atomic E-state index is 12.0. The summed E-state index contributed by atoms with van der Waals surface area (Å²) < 4.78 is 5.32. The monoisotopic (exact) mass is 380 g/mol. The molecule has 1 amide bonds. The van der Waals surface area contributed by atoms with Crippen LogP contribution in [0, 0.1) is 0 Å². The minimum Gasteiger partial charge on any atom is -0.426 e. The van der Waals surface area contributed by atoms with E-state index in [0.29, 0.717) is 6.54 Å². The van der Waals surface area contributed by atoms with Crippen molar-refractivity contribution >= 4 is 29.0 Å². The Balaban J connectivity index is 1.70. The van der Waals surface area contributed by atoms with Gasteiger partial charge in [0.05, 0.1) is 0 Å². The van der Waals surface area contributed by atoms with Crippen LogP contribution in [0.25, 0.3) is 0 Å². The number of amides is 1. The van der Waals surface area contributed by atoms with Crippen LogP contribution < -0.4 is 4.90 Å². The van der Waals surface area contributed by atoms with Crippen molar-refractivity contribution in [2.75, 3.05) is 18.5 Å². The van der Waals surface area contributed by atoms with E-state index < -0.39 is 0 Å². The standard InChI is InChI=1S/C22H24N2O2S/c1-5-24-20(25)18(26-21(24)27)14-8-6-7-9-15-19-22(2,3)16-12-10-11-13-17(16)23(19)4/h6-15H,5H2,1-4H3/b8-6+,9-7+,18-14+,19-15+. The Labute approximate surface area is 166 Å². The van der Waals surface area contributed by atoms with Crippen LogP contribution in [0.3, 0.4) is 0 Å². The van der Waals surface area contributed by atoms with Gasteiger partial charge in [-0.05, 0) is 42.9 Å². The second-order valence-electron chi connectivity index (χ2n) is 6.97. The number of thiocarbonyl (C=S) groups is 1. The van der Waals surface area contributed by atoms with Gasteiger partial charge in [-0.1, -0.05) is 56.4 Å². The molecule has 1 fully saturated rings. The van der Waals surface area contributed by atoms with Crippen molar-refractivity contribution in [2.45, 2.75) is 26.2 Å². The van der Waals surface area contributed by atoms with Crippen molar-refractivity contribution in [1.82, 2.24) is 4.90 Å². The number of carbonyl (C=O) groups excluding carboxylic acids is 1. The Morgan fingerprint density at radius 3 is 2.41 bits per heavy atom. The van der Waals surface area contributed by atoms with Crippen LogP contribution in [-0.2, 0) is 14.9 Å². The first kappa shape index (κ1) is 19.1. The number of anilines is 1. The van der Waals surface area contributed by atoms with E-state index in [1.165, 1.54) is 21.8 Å². The summed E-state index contributed by atoms with van der Waals surface area (Å²) in [5.74, 6) is 0.0716. The summed E-state index contributed by atoms with van der Waals surface area (Å²) in [7, 11) is 2.10. The second kappa shape index (κ2) is 7.53. The summed E-state index contributed by atoms with van der Waals surface area (Å²) in [6, 6.07) is 8.49. The van der Waals surface area contributed by atoms with Crippen LogP contribution >= 0.6 is 12.2 Å². The molecule has 0 bridgehead atoms. The number of likely N-dealkylation sites (N-methyl/N-ethyl adjacent to an activating group) is 2. The average molecular weight is 381 g/mol. The van der Waals surface area contributed by atoms with Gasteiger partial charge in [0.25, 0.3) is 11.1 Å². The molecule has 0 atom stereocenters. The first-order valence-electron chi connectivity index (χ1n) is 9.00. The second-order valence-corrected chi connectivity index (χ2v) is 7.32. The highest BCUT2D eigenvalue weighted by molar-refractivity contribution is 7.80. The normalized spacial score (nSPS) is 21.9. The van der Waals surface area contributed by atoms with Crippen LogP contribution in [0.4, 0.5) is 5.69 Å². The van der Waals surface area contributed by atoms with Gasteiger partial charge in [0.1, 0.15) is 0 Å². The summed E-state index contributed by atoms with van der Waals surface area (Å²) in [5.41, 5.74) is 3.78. The zero-order chi connectivity index (χ0) is 19.6. The first-order chi connectivity index (χ1) is 12.9. The van der Waals surface area contributed by atoms with E-state index in [-0.39, 0.29) is 22.3 Å². The maximum Gasteiger partial charge on any atom is 0.297 e. The lowest BCUT2D eigenvalue weighted by molar-refractivity contribution is -0.122. The molecule has 0 radical (unpaired) electrons. The zero-order valence-electron chi connectivity index (χ0n) is 16.1. The van der Waals surface area contributed by atoms with E-state index in [9.17, 15) is 4.79 Å². The molecule has 140 valence electrons. The zero-order valence-corrected chi connectivity index (χ0v) is 16.9. The number of allylic oxidation sites excluding steroid dienone is 7. The molecule has 4 nitrogen and oxygen atoms in total. The molecule has 1 aromatic rings. The van der Waals surface area contributed by atoms with Gasteiger partial charge in [0.2, 0.25) is 0 Å². The van der Waals surface area contributed by atoms with Gasteiger partial charge in [-0.25, -0.2) is 0 Å². The van der Waals surface area contributed by atoms with Crippen molar-refractivity contribution in [3.8, 4) is 0 Å². The van der Waals surface area contributed by atoms with E-state index >= 15 is 0 Å². The minimum atomic E-state index is -0.189. The van der Waals surface area contributed by atoms with Crippen molar-refractivity contribution in [3.05, 3.63) is 77.7 Å². The predicted octanol–water partition coefficient (Wildman–Crippen LogP) is 4.46. The van der Waals surface area contributed by atoms with Crippen molar-refractivity contribution in [3.63, 3.8) is 0 Å². The maximum atomic E-state index is 12.0. The van der Waals surface area contributed by atoms with Crippen LogP contribution in [0.2, 0.25) is 0 Å². The summed E-state index contributed by atoms with van der Waals surface area (Å²) in [4.78, 5) is 15.7. The van der Waals surface area contributed by atoms with Gasteiger partial charge >= 0.3 is 0 Å². The van der Waals surface area contributed by atoms with Crippen molar-refractivity contribution in [2.24, 2.45) is 0 Å². The van der Waals surface area contributed by atoms with E-state index in [1.807, 2.05) is 25.2 Å². The lowest BCUT2D eigenvalue weighted by atomic mass is 9.84. The molecule has 0 aliphatic carbocycles. The highest BCUT2D eigenvalue weighted by Gasteiger charge is 2.37. The average Bonchev–Trinajstić information content (AvgIpc) is 3.02. The molecule has 0 aromatic heterocycles. The largest absolute Gasteiger partial charge is 0.426 e. The quantitative estimate of drug-likeness (QED) is 0.439. The number of para-hydroxylation sites is 1. The van der Waals surface area contributed by atoms with Crippen LogP contribution in [0.1, 0.15) is 26.3 Å². The molecule has 27 heavy (non-hydrogen) atoms. The van der Waals surface area contributed by atoms with Crippen molar-refractivity contribution in [1.29, 1.82) is 0 Å². The number of hydrogen-bond acceptors (Lipinski definition) is 4. The molecule has 2 heterocycles. The minimum absolute atomic E-state index is 0.0369. The van der Waals surface area contributed by atoms with Crippen molar-refractivity contribution < 1.29 is 9.53 Å². The van der Waals surface area contributed by atoms with E-state index in [1.54, 1.807) is 12.2 Å². The molecular formula is C22H24N2O2S. The molecular weight excluding hydrogens is 356 g/mol. The molecule has 0 unspecified atom stereocenters. The Morgan fingerprint density at radius 2 is 1.78 bits per heavy atom. The Hall–Kier alpha value is -2.66. The molecule has 0 N–H and O–H groups in total. The number of fused-ring (bicyclic) bond motifs is 1. The van der Waals surface area contributed by atoms with Crippen LogP contribution in [0.15, 0.2) is 72.2 Å². The van der Waals surface area contributed by atoms with E-state index in [0.717, 1.165) is 0 Å². The van der Waals surface area contributed by atoms with E-state index in [2.05, 4.69) is 56.1 Å². The number of hydrogen-bond donors (Lipinski definition) is 0. The number of carbonyl (C=O) groups is 1. The number of nitrogens with zero attached hydrogens (tertiary/aromatic N) is 2. The van der Waals surface area contributed by atoms with Gasteiger partial charge in [0, 0.05) is 30.4 Å². The molecule has 0 spiro atoms. The molecule has 2 aliphatic rings. The fraction of sp³-hybridized carbons (Fsp3) is 0.273. The Bertz CT molecular complexity index is 893. The van der Waals surface area contributed by atoms with Gasteiger partial charge < -0.3 is 9.64 Å². The molecule has 1 aromatic carbocycles. The number of ether oxygens (including phenoxy) is 1. The fourth-order valence-electron chi connectivity index (χ4n) is 3.51.